The molecule has 0 bridgehead atoms. The monoisotopic (exact) mass is 319 g/mol. The minimum Gasteiger partial charge on any atom is -0.396 e. The Balaban J connectivity index is 2.53. The van der Waals surface area contributed by atoms with Crippen LogP contribution in [0, 0.1) is 0 Å². The minimum atomic E-state index is -3.24. The van der Waals surface area contributed by atoms with Crippen molar-refractivity contribution in [2.24, 2.45) is 0 Å². The molecule has 4 nitrogen and oxygen atoms in total. The maximum Gasteiger partial charge on any atom is 0.182 e. The van der Waals surface area contributed by atoms with Gasteiger partial charge in [-0.25, -0.2) is 8.42 Å². The van der Waals surface area contributed by atoms with Crippen LogP contribution in [-0.4, -0.2) is 39.0 Å². The fourth-order valence-electron chi connectivity index (χ4n) is 2.11. The number of nitrogens with zero attached hydrogens (tertiary/aromatic N) is 1. The van der Waals surface area contributed by atoms with E-state index in [2.05, 4.69) is 15.9 Å². The van der Waals surface area contributed by atoms with Crippen LogP contribution in [-0.2, 0) is 9.84 Å². The van der Waals surface area contributed by atoms with Crippen LogP contribution >= 0.6 is 15.9 Å². The number of hydrogen-bond acceptors (Lipinski definition) is 4. The Morgan fingerprint density at radius 1 is 1.53 bits per heavy atom. The molecule has 1 atom stereocenters. The van der Waals surface area contributed by atoms with Gasteiger partial charge in [0.05, 0.1) is 16.3 Å². The van der Waals surface area contributed by atoms with E-state index in [4.69, 9.17) is 5.11 Å². The smallest absolute Gasteiger partial charge is 0.182 e. The molecule has 0 aliphatic carbocycles. The number of halogens is 1. The van der Waals surface area contributed by atoms with E-state index in [1.54, 1.807) is 18.2 Å². The standard InChI is InChI=1S/C11H14BrNO3S/c1-13-9(4-5-14)7-17(15,16)11-3-2-8(12)6-10(11)13/h2-3,6,9,14H,4-5,7H2,1H3. The lowest BCUT2D eigenvalue weighted by atomic mass is 10.2. The molecule has 0 saturated heterocycles. The van der Waals surface area contributed by atoms with Crippen LogP contribution in [0.15, 0.2) is 27.6 Å². The van der Waals surface area contributed by atoms with Crippen LogP contribution in [0.25, 0.3) is 0 Å². The number of hydrogen-bond donors (Lipinski definition) is 1. The van der Waals surface area contributed by atoms with E-state index in [9.17, 15) is 8.42 Å². The Labute approximate surface area is 109 Å². The van der Waals surface area contributed by atoms with E-state index in [-0.39, 0.29) is 18.4 Å². The topological polar surface area (TPSA) is 57.6 Å². The fourth-order valence-corrected chi connectivity index (χ4v) is 4.33. The highest BCUT2D eigenvalue weighted by Gasteiger charge is 2.33. The van der Waals surface area contributed by atoms with Gasteiger partial charge in [-0.3, -0.25) is 0 Å². The van der Waals surface area contributed by atoms with Crippen LogP contribution in [0.1, 0.15) is 6.42 Å². The Morgan fingerprint density at radius 3 is 2.88 bits per heavy atom. The van der Waals surface area contributed by atoms with Crippen molar-refractivity contribution in [3.05, 3.63) is 22.7 Å². The highest BCUT2D eigenvalue weighted by atomic mass is 79.9. The molecule has 0 fully saturated rings. The predicted octanol–water partition coefficient (Wildman–Crippen LogP) is 1.42. The third-order valence-electron chi connectivity index (χ3n) is 3.06. The zero-order valence-corrected chi connectivity index (χ0v) is 11.8. The van der Waals surface area contributed by atoms with Gasteiger partial charge in [0, 0.05) is 24.2 Å². The second-order valence-electron chi connectivity index (χ2n) is 4.17. The van der Waals surface area contributed by atoms with Crippen molar-refractivity contribution in [1.29, 1.82) is 0 Å². The third kappa shape index (κ3) is 2.34. The van der Waals surface area contributed by atoms with Crippen molar-refractivity contribution in [2.45, 2.75) is 17.4 Å². The first-order valence-electron chi connectivity index (χ1n) is 5.31. The first kappa shape index (κ1) is 12.9. The summed E-state index contributed by atoms with van der Waals surface area (Å²) in [4.78, 5) is 2.30. The maximum atomic E-state index is 12.1. The average Bonchev–Trinajstić information content (AvgIpc) is 2.25. The molecule has 1 aromatic rings. The summed E-state index contributed by atoms with van der Waals surface area (Å²) in [7, 11) is -1.38. The molecular weight excluding hydrogens is 306 g/mol. The summed E-state index contributed by atoms with van der Waals surface area (Å²) in [6.45, 7) is -0.00609. The van der Waals surface area contributed by atoms with Gasteiger partial charge >= 0.3 is 0 Å². The van der Waals surface area contributed by atoms with Crippen molar-refractivity contribution < 1.29 is 13.5 Å². The molecule has 1 aromatic carbocycles. The van der Waals surface area contributed by atoms with Crippen molar-refractivity contribution in [1.82, 2.24) is 0 Å². The highest BCUT2D eigenvalue weighted by molar-refractivity contribution is 9.10. The molecule has 6 heteroatoms. The summed E-state index contributed by atoms with van der Waals surface area (Å²) < 4.78 is 25.0. The van der Waals surface area contributed by atoms with Crippen LogP contribution in [0.4, 0.5) is 5.69 Å². The van der Waals surface area contributed by atoms with E-state index in [0.717, 1.165) is 4.47 Å². The van der Waals surface area contributed by atoms with Crippen LogP contribution in [0.2, 0.25) is 0 Å². The van der Waals surface area contributed by atoms with E-state index >= 15 is 0 Å². The molecule has 2 rings (SSSR count). The normalized spacial score (nSPS) is 22.3. The zero-order valence-electron chi connectivity index (χ0n) is 9.43. The molecule has 1 heterocycles. The number of sulfone groups is 1. The molecule has 0 saturated carbocycles. The number of fused-ring (bicyclic) bond motifs is 1. The summed E-state index contributed by atoms with van der Waals surface area (Å²) in [6.07, 6.45) is 0.460. The maximum absolute atomic E-state index is 12.1. The first-order valence-corrected chi connectivity index (χ1v) is 7.76. The third-order valence-corrected chi connectivity index (χ3v) is 5.39. The number of benzene rings is 1. The van der Waals surface area contributed by atoms with Gasteiger partial charge < -0.3 is 10.0 Å². The summed E-state index contributed by atoms with van der Waals surface area (Å²) in [5.41, 5.74) is 0.698. The Bertz CT molecular complexity index is 530. The molecule has 17 heavy (non-hydrogen) atoms. The van der Waals surface area contributed by atoms with E-state index in [1.165, 1.54) is 0 Å². The molecule has 1 aliphatic rings. The second kappa shape index (κ2) is 4.59. The highest BCUT2D eigenvalue weighted by Crippen LogP contribution is 2.35. The molecule has 94 valence electrons. The van der Waals surface area contributed by atoms with E-state index < -0.39 is 9.84 Å². The van der Waals surface area contributed by atoms with Gasteiger partial charge in [-0.15, -0.1) is 0 Å². The van der Waals surface area contributed by atoms with Gasteiger partial charge in [-0.2, -0.15) is 0 Å². The van der Waals surface area contributed by atoms with Crippen LogP contribution in [0.3, 0.4) is 0 Å². The Morgan fingerprint density at radius 2 is 2.24 bits per heavy atom. The molecule has 1 unspecified atom stereocenters. The van der Waals surface area contributed by atoms with Crippen molar-refractivity contribution in [3.63, 3.8) is 0 Å². The second-order valence-corrected chi connectivity index (χ2v) is 7.09. The van der Waals surface area contributed by atoms with Crippen molar-refractivity contribution in [3.8, 4) is 0 Å². The summed E-state index contributed by atoms with van der Waals surface area (Å²) in [6, 6.07) is 5.00. The van der Waals surface area contributed by atoms with Gasteiger partial charge in [-0.1, -0.05) is 15.9 Å². The van der Waals surface area contributed by atoms with E-state index in [1.807, 2.05) is 11.9 Å². The predicted molar refractivity (Wildman–Crippen MR) is 70.1 cm³/mol. The number of aliphatic hydroxyl groups excluding tert-OH is 1. The quantitative estimate of drug-likeness (QED) is 0.895. The Hall–Kier alpha value is -0.590. The lowest BCUT2D eigenvalue weighted by molar-refractivity contribution is 0.277. The van der Waals surface area contributed by atoms with Gasteiger partial charge in [0.1, 0.15) is 0 Å². The molecule has 0 amide bonds. The molecule has 0 aromatic heterocycles. The molecule has 0 spiro atoms. The SMILES string of the molecule is CN1c2cc(Br)ccc2S(=O)(=O)CC1CCO. The average molecular weight is 320 g/mol. The van der Waals surface area contributed by atoms with Crippen molar-refractivity contribution >= 4 is 31.5 Å². The molecular formula is C11H14BrNO3S. The molecule has 1 aliphatic heterocycles. The lowest BCUT2D eigenvalue weighted by Crippen LogP contribution is -2.42. The minimum absolute atomic E-state index is 0.00609. The van der Waals surface area contributed by atoms with Crippen molar-refractivity contribution in [2.75, 3.05) is 24.3 Å². The summed E-state index contributed by atoms with van der Waals surface area (Å²) in [5.74, 6) is 0.0681. The number of aliphatic hydroxyl groups is 1. The lowest BCUT2D eigenvalue weighted by Gasteiger charge is -2.35. The number of anilines is 1. The molecule has 0 radical (unpaired) electrons. The number of rotatable bonds is 2. The van der Waals surface area contributed by atoms with Crippen LogP contribution in [0.5, 0.6) is 0 Å². The van der Waals surface area contributed by atoms with Gasteiger partial charge in [0.2, 0.25) is 0 Å². The summed E-state index contributed by atoms with van der Waals surface area (Å²) >= 11 is 3.34. The first-order chi connectivity index (χ1) is 7.95. The Kier molecular flexibility index (Phi) is 3.47. The van der Waals surface area contributed by atoms with Gasteiger partial charge in [0.25, 0.3) is 0 Å². The molecule has 1 N–H and O–H groups in total. The van der Waals surface area contributed by atoms with Gasteiger partial charge in [0.15, 0.2) is 9.84 Å². The van der Waals surface area contributed by atoms with E-state index in [0.29, 0.717) is 17.0 Å². The fraction of sp³-hybridized carbons (Fsp3) is 0.455. The zero-order chi connectivity index (χ0) is 12.6. The summed E-state index contributed by atoms with van der Waals surface area (Å²) in [5, 5.41) is 8.98. The largest absolute Gasteiger partial charge is 0.396 e. The van der Waals surface area contributed by atoms with Crippen LogP contribution < -0.4 is 4.90 Å². The van der Waals surface area contributed by atoms with Gasteiger partial charge in [-0.05, 0) is 24.6 Å².